The lowest BCUT2D eigenvalue weighted by Gasteiger charge is -2.13. The summed E-state index contributed by atoms with van der Waals surface area (Å²) in [6.07, 6.45) is 3.52. The zero-order valence-electron chi connectivity index (χ0n) is 8.49. The van der Waals surface area contributed by atoms with Crippen LogP contribution in [0.4, 0.5) is 0 Å². The molecule has 1 aliphatic heterocycles. The summed E-state index contributed by atoms with van der Waals surface area (Å²) in [6.45, 7) is 2.13. The van der Waals surface area contributed by atoms with E-state index in [0.29, 0.717) is 0 Å². The molecule has 1 aromatic heterocycles. The molecule has 0 atom stereocenters. The van der Waals surface area contributed by atoms with E-state index in [1.807, 2.05) is 11.3 Å². The second-order valence-corrected chi connectivity index (χ2v) is 4.75. The molecular weight excluding hydrogens is 202 g/mol. The zero-order chi connectivity index (χ0) is 10.1. The van der Waals surface area contributed by atoms with Gasteiger partial charge in [0.1, 0.15) is 0 Å². The summed E-state index contributed by atoms with van der Waals surface area (Å²) in [5.74, 6) is 0. The number of fused-ring (bicyclic) bond motifs is 1. The van der Waals surface area contributed by atoms with E-state index in [1.54, 1.807) is 0 Å². The van der Waals surface area contributed by atoms with Gasteiger partial charge >= 0.3 is 0 Å². The lowest BCUT2D eigenvalue weighted by molar-refractivity contribution is 0.740. The van der Waals surface area contributed by atoms with Crippen molar-refractivity contribution in [3.63, 3.8) is 0 Å². The van der Waals surface area contributed by atoms with E-state index < -0.39 is 0 Å². The highest BCUT2D eigenvalue weighted by Crippen LogP contribution is 2.31. The van der Waals surface area contributed by atoms with Crippen LogP contribution in [0.25, 0.3) is 15.7 Å². The summed E-state index contributed by atoms with van der Waals surface area (Å²) in [4.78, 5) is 0. The molecule has 76 valence electrons. The lowest BCUT2D eigenvalue weighted by atomic mass is 10.0. The van der Waals surface area contributed by atoms with Crippen molar-refractivity contribution in [2.75, 3.05) is 13.1 Å². The largest absolute Gasteiger partial charge is 0.312 e. The van der Waals surface area contributed by atoms with Crippen LogP contribution >= 0.6 is 11.3 Å². The van der Waals surface area contributed by atoms with Crippen LogP contribution in [0.2, 0.25) is 0 Å². The first kappa shape index (κ1) is 9.13. The van der Waals surface area contributed by atoms with Crippen LogP contribution in [-0.2, 0) is 0 Å². The Morgan fingerprint density at radius 3 is 3.00 bits per heavy atom. The molecule has 0 saturated carbocycles. The van der Waals surface area contributed by atoms with Gasteiger partial charge in [0.05, 0.1) is 0 Å². The minimum absolute atomic E-state index is 1.01. The molecule has 0 bridgehead atoms. The number of benzene rings is 1. The second kappa shape index (κ2) is 3.80. The van der Waals surface area contributed by atoms with E-state index in [0.717, 1.165) is 19.5 Å². The van der Waals surface area contributed by atoms with Crippen LogP contribution in [0, 0.1) is 0 Å². The Morgan fingerprint density at radius 1 is 1.20 bits per heavy atom. The van der Waals surface area contributed by atoms with Crippen LogP contribution in [-0.4, -0.2) is 13.1 Å². The highest BCUT2D eigenvalue weighted by molar-refractivity contribution is 7.17. The van der Waals surface area contributed by atoms with E-state index in [-0.39, 0.29) is 0 Å². The van der Waals surface area contributed by atoms with Crippen LogP contribution in [0.5, 0.6) is 0 Å². The normalized spacial score (nSPS) is 16.7. The zero-order valence-corrected chi connectivity index (χ0v) is 9.31. The number of thiophene rings is 1. The first-order valence-electron chi connectivity index (χ1n) is 5.31. The predicted octanol–water partition coefficient (Wildman–Crippen LogP) is 3.28. The van der Waals surface area contributed by atoms with Gasteiger partial charge in [0.15, 0.2) is 0 Å². The molecule has 0 radical (unpaired) electrons. The fourth-order valence-electron chi connectivity index (χ4n) is 2.08. The summed E-state index contributed by atoms with van der Waals surface area (Å²) >= 11 is 1.84. The maximum Gasteiger partial charge on any atom is 0.0349 e. The Hall–Kier alpha value is -1.12. The lowest BCUT2D eigenvalue weighted by Crippen LogP contribution is -2.21. The SMILES string of the molecule is C1=C(c2csc3ccccc23)CNCC1. The van der Waals surface area contributed by atoms with Gasteiger partial charge in [0.2, 0.25) is 0 Å². The van der Waals surface area contributed by atoms with Crippen molar-refractivity contribution < 1.29 is 0 Å². The van der Waals surface area contributed by atoms with Gasteiger partial charge in [0.25, 0.3) is 0 Å². The van der Waals surface area contributed by atoms with Gasteiger partial charge in [-0.25, -0.2) is 0 Å². The average Bonchev–Trinajstić information content (AvgIpc) is 2.74. The number of hydrogen-bond donors (Lipinski definition) is 1. The molecule has 0 aliphatic carbocycles. The average molecular weight is 215 g/mol. The van der Waals surface area contributed by atoms with Crippen molar-refractivity contribution in [2.24, 2.45) is 0 Å². The summed E-state index contributed by atoms with van der Waals surface area (Å²) in [5, 5.41) is 7.11. The highest BCUT2D eigenvalue weighted by Gasteiger charge is 2.10. The number of nitrogens with one attached hydrogen (secondary N) is 1. The van der Waals surface area contributed by atoms with Gasteiger partial charge < -0.3 is 5.32 Å². The van der Waals surface area contributed by atoms with Crippen LogP contribution < -0.4 is 5.32 Å². The molecule has 0 spiro atoms. The van der Waals surface area contributed by atoms with Gasteiger partial charge in [-0.05, 0) is 40.9 Å². The summed E-state index contributed by atoms with van der Waals surface area (Å²) < 4.78 is 1.39. The molecule has 15 heavy (non-hydrogen) atoms. The molecule has 0 fully saturated rings. The third-order valence-corrected chi connectivity index (χ3v) is 3.82. The molecule has 2 heteroatoms. The fourth-order valence-corrected chi connectivity index (χ4v) is 3.06. The van der Waals surface area contributed by atoms with Crippen molar-refractivity contribution in [1.82, 2.24) is 5.32 Å². The van der Waals surface area contributed by atoms with Crippen molar-refractivity contribution in [3.05, 3.63) is 41.3 Å². The van der Waals surface area contributed by atoms with E-state index in [4.69, 9.17) is 0 Å². The molecule has 2 aromatic rings. The van der Waals surface area contributed by atoms with E-state index in [9.17, 15) is 0 Å². The molecule has 0 amide bonds. The van der Waals surface area contributed by atoms with Gasteiger partial charge in [-0.3, -0.25) is 0 Å². The first-order valence-corrected chi connectivity index (χ1v) is 6.19. The van der Waals surface area contributed by atoms with E-state index >= 15 is 0 Å². The minimum atomic E-state index is 1.01. The smallest absolute Gasteiger partial charge is 0.0349 e. The quantitative estimate of drug-likeness (QED) is 0.769. The number of hydrogen-bond acceptors (Lipinski definition) is 2. The van der Waals surface area contributed by atoms with Crippen molar-refractivity contribution in [2.45, 2.75) is 6.42 Å². The standard InChI is InChI=1S/C13H13NS/c1-2-6-13-11(5-1)12(9-15-13)10-4-3-7-14-8-10/h1-2,4-6,9,14H,3,7-8H2. The molecule has 1 aliphatic rings. The second-order valence-electron chi connectivity index (χ2n) is 3.84. The van der Waals surface area contributed by atoms with Crippen LogP contribution in [0.15, 0.2) is 35.7 Å². The fraction of sp³-hybridized carbons (Fsp3) is 0.231. The minimum Gasteiger partial charge on any atom is -0.312 e. The monoisotopic (exact) mass is 215 g/mol. The van der Waals surface area contributed by atoms with E-state index in [1.165, 1.54) is 21.2 Å². The molecule has 1 nitrogen and oxygen atoms in total. The van der Waals surface area contributed by atoms with Gasteiger partial charge in [-0.15, -0.1) is 11.3 Å². The molecule has 0 unspecified atom stereocenters. The predicted molar refractivity (Wildman–Crippen MR) is 67.3 cm³/mol. The molecule has 1 aromatic carbocycles. The Bertz CT molecular complexity index is 510. The Morgan fingerprint density at radius 2 is 2.13 bits per heavy atom. The van der Waals surface area contributed by atoms with E-state index in [2.05, 4.69) is 41.0 Å². The van der Waals surface area contributed by atoms with Gasteiger partial charge in [0, 0.05) is 11.2 Å². The Balaban J connectivity index is 2.14. The molecule has 2 heterocycles. The third-order valence-electron chi connectivity index (χ3n) is 2.85. The van der Waals surface area contributed by atoms with Crippen LogP contribution in [0.1, 0.15) is 12.0 Å². The maximum absolute atomic E-state index is 3.42. The first-order chi connectivity index (χ1) is 7.45. The number of rotatable bonds is 1. The van der Waals surface area contributed by atoms with Crippen LogP contribution in [0.3, 0.4) is 0 Å². The summed E-state index contributed by atoms with van der Waals surface area (Å²) in [7, 11) is 0. The van der Waals surface area contributed by atoms with Crippen molar-refractivity contribution >= 4 is 27.0 Å². The highest BCUT2D eigenvalue weighted by atomic mass is 32.1. The molecule has 0 saturated heterocycles. The molecular formula is C13H13NS. The molecule has 1 N–H and O–H groups in total. The maximum atomic E-state index is 3.42. The summed E-state index contributed by atoms with van der Waals surface area (Å²) in [6, 6.07) is 8.64. The Kier molecular flexibility index (Phi) is 2.31. The van der Waals surface area contributed by atoms with Crippen molar-refractivity contribution in [1.29, 1.82) is 0 Å². The van der Waals surface area contributed by atoms with Gasteiger partial charge in [-0.2, -0.15) is 0 Å². The Labute approximate surface area is 93.4 Å². The molecule has 3 rings (SSSR count). The summed E-state index contributed by atoms with van der Waals surface area (Å²) in [5.41, 5.74) is 2.88. The third kappa shape index (κ3) is 1.60. The van der Waals surface area contributed by atoms with Crippen molar-refractivity contribution in [3.8, 4) is 0 Å². The van der Waals surface area contributed by atoms with Gasteiger partial charge in [-0.1, -0.05) is 24.3 Å². The topological polar surface area (TPSA) is 12.0 Å².